The zero-order valence-corrected chi connectivity index (χ0v) is 14.0. The minimum absolute atomic E-state index is 0.121. The lowest BCUT2D eigenvalue weighted by Gasteiger charge is -2.23. The van der Waals surface area contributed by atoms with Crippen LogP contribution in [0.3, 0.4) is 0 Å². The molecule has 24 heavy (non-hydrogen) atoms. The maximum atomic E-state index is 12.6. The topological polar surface area (TPSA) is 82.6 Å². The Bertz CT molecular complexity index is 724. The van der Waals surface area contributed by atoms with E-state index in [4.69, 9.17) is 4.42 Å². The molecule has 2 aliphatic rings. The molecule has 3 heterocycles. The number of carbonyl (C=O) groups excluding carboxylic acids is 3. The molecular formula is C16H18N3O4S+. The van der Waals surface area contributed by atoms with Gasteiger partial charge in [-0.15, -0.1) is 11.8 Å². The summed E-state index contributed by atoms with van der Waals surface area (Å²) >= 11 is 1.36. The summed E-state index contributed by atoms with van der Waals surface area (Å²) in [5.41, 5.74) is 0.579. The molecule has 0 bridgehead atoms. The molecule has 0 aliphatic carbocycles. The lowest BCUT2D eigenvalue weighted by Crippen LogP contribution is -2.56. The Morgan fingerprint density at radius 2 is 2.29 bits per heavy atom. The van der Waals surface area contributed by atoms with Gasteiger partial charge in [-0.05, 0) is 30.0 Å². The van der Waals surface area contributed by atoms with Crippen molar-refractivity contribution in [3.8, 4) is 0 Å². The number of hydrogen-bond donors (Lipinski definition) is 1. The van der Waals surface area contributed by atoms with Crippen LogP contribution in [0.25, 0.3) is 0 Å². The van der Waals surface area contributed by atoms with E-state index in [0.717, 1.165) is 0 Å². The van der Waals surface area contributed by atoms with Gasteiger partial charge in [-0.25, -0.2) is 4.79 Å². The molecule has 3 rings (SSSR count). The number of carbonyl (C=O) groups is 3. The Kier molecular flexibility index (Phi) is 4.84. The third-order valence-corrected chi connectivity index (χ3v) is 4.78. The smallest absolute Gasteiger partial charge is 0.467 e. The van der Waals surface area contributed by atoms with Crippen molar-refractivity contribution in [2.75, 3.05) is 13.1 Å². The molecule has 126 valence electrons. The molecule has 0 spiro atoms. The molecule has 1 unspecified atom stereocenters. The fourth-order valence-corrected chi connectivity index (χ4v) is 3.60. The number of thioether (sulfide) groups is 1. The van der Waals surface area contributed by atoms with Gasteiger partial charge in [0.1, 0.15) is 11.5 Å². The van der Waals surface area contributed by atoms with Gasteiger partial charge in [0.25, 0.3) is 5.91 Å². The van der Waals surface area contributed by atoms with Crippen LogP contribution in [0, 0.1) is 0 Å². The highest BCUT2D eigenvalue weighted by molar-refractivity contribution is 8.04. The molecule has 2 aliphatic heterocycles. The quantitative estimate of drug-likeness (QED) is 0.785. The van der Waals surface area contributed by atoms with Crippen molar-refractivity contribution in [1.82, 2.24) is 10.2 Å². The molecule has 0 aromatic carbocycles. The van der Waals surface area contributed by atoms with E-state index in [2.05, 4.69) is 5.32 Å². The van der Waals surface area contributed by atoms with E-state index >= 15 is 0 Å². The number of nitrogens with one attached hydrogen (secondary N) is 1. The zero-order valence-electron chi connectivity index (χ0n) is 13.2. The van der Waals surface area contributed by atoms with E-state index in [9.17, 15) is 14.4 Å². The largest absolute Gasteiger partial charge is 0.501 e. The first-order chi connectivity index (χ1) is 11.6. The molecule has 1 atom stereocenters. The summed E-state index contributed by atoms with van der Waals surface area (Å²) in [6.07, 6.45) is 3.94. The van der Waals surface area contributed by atoms with E-state index in [1.165, 1.54) is 27.5 Å². The molecule has 0 fully saturated rings. The van der Waals surface area contributed by atoms with Gasteiger partial charge in [-0.2, -0.15) is 14.3 Å². The summed E-state index contributed by atoms with van der Waals surface area (Å²) in [5.74, 6) is 0.124. The molecule has 1 aromatic heterocycles. The van der Waals surface area contributed by atoms with Crippen LogP contribution < -0.4 is 5.32 Å². The van der Waals surface area contributed by atoms with E-state index < -0.39 is 11.3 Å². The van der Waals surface area contributed by atoms with Crippen molar-refractivity contribution < 1.29 is 23.4 Å². The summed E-state index contributed by atoms with van der Waals surface area (Å²) < 4.78 is 6.54. The van der Waals surface area contributed by atoms with Crippen LogP contribution in [0.15, 0.2) is 34.3 Å². The molecule has 1 aromatic rings. The second-order valence-corrected chi connectivity index (χ2v) is 6.47. The highest BCUT2D eigenvalue weighted by Gasteiger charge is 2.48. The van der Waals surface area contributed by atoms with Crippen LogP contribution >= 0.6 is 11.8 Å². The predicted molar refractivity (Wildman–Crippen MR) is 88.6 cm³/mol. The average molecular weight is 348 g/mol. The van der Waals surface area contributed by atoms with Gasteiger partial charge in [0.15, 0.2) is 11.8 Å². The van der Waals surface area contributed by atoms with Gasteiger partial charge in [0.05, 0.1) is 19.4 Å². The van der Waals surface area contributed by atoms with E-state index in [1.54, 1.807) is 23.6 Å². The fourth-order valence-electron chi connectivity index (χ4n) is 2.64. The van der Waals surface area contributed by atoms with Crippen molar-refractivity contribution in [2.45, 2.75) is 25.1 Å². The first kappa shape index (κ1) is 16.5. The average Bonchev–Trinajstić information content (AvgIpc) is 3.25. The van der Waals surface area contributed by atoms with Crippen molar-refractivity contribution >= 4 is 35.3 Å². The van der Waals surface area contributed by atoms with Crippen molar-refractivity contribution in [2.24, 2.45) is 0 Å². The molecular weight excluding hydrogens is 330 g/mol. The lowest BCUT2D eigenvalue weighted by molar-refractivity contribution is -0.426. The number of nitrogens with zero attached hydrogens (tertiary/aromatic N) is 2. The van der Waals surface area contributed by atoms with Crippen molar-refractivity contribution in [1.29, 1.82) is 0 Å². The first-order valence-corrected chi connectivity index (χ1v) is 8.67. The SMILES string of the molecule is CCCN1C(=O)C2SC=CC2=[N+](CC(=O)NCc2ccco2)C1=O. The molecule has 0 radical (unpaired) electrons. The number of hydrogen-bond acceptors (Lipinski definition) is 5. The summed E-state index contributed by atoms with van der Waals surface area (Å²) in [4.78, 5) is 38.4. The summed E-state index contributed by atoms with van der Waals surface area (Å²) in [5, 5.41) is 4.06. The number of furan rings is 1. The van der Waals surface area contributed by atoms with Crippen LogP contribution in [0.2, 0.25) is 0 Å². The number of urea groups is 1. The number of fused-ring (bicyclic) bond motifs is 1. The van der Waals surface area contributed by atoms with Crippen LogP contribution in [0.5, 0.6) is 0 Å². The van der Waals surface area contributed by atoms with Gasteiger partial charge in [-0.1, -0.05) is 6.92 Å². The molecule has 0 saturated carbocycles. The maximum Gasteiger partial charge on any atom is 0.501 e. The summed E-state index contributed by atoms with van der Waals surface area (Å²) in [6.45, 7) is 2.39. The van der Waals surface area contributed by atoms with Gasteiger partial charge < -0.3 is 9.73 Å². The highest BCUT2D eigenvalue weighted by Crippen LogP contribution is 2.27. The molecule has 8 heteroatoms. The third kappa shape index (κ3) is 3.14. The minimum atomic E-state index is -0.438. The lowest BCUT2D eigenvalue weighted by atomic mass is 10.1. The fraction of sp³-hybridized carbons (Fsp3) is 0.375. The number of amides is 4. The Morgan fingerprint density at radius 3 is 3.00 bits per heavy atom. The van der Waals surface area contributed by atoms with Crippen LogP contribution in [0.1, 0.15) is 19.1 Å². The summed E-state index contributed by atoms with van der Waals surface area (Å²) in [7, 11) is 0. The van der Waals surface area contributed by atoms with Gasteiger partial charge in [-0.3, -0.25) is 4.79 Å². The van der Waals surface area contributed by atoms with Crippen LogP contribution in [-0.4, -0.2) is 51.4 Å². The van der Waals surface area contributed by atoms with Crippen LogP contribution in [-0.2, 0) is 16.1 Å². The van der Waals surface area contributed by atoms with Crippen molar-refractivity contribution in [3.63, 3.8) is 0 Å². The maximum absolute atomic E-state index is 12.6. The second-order valence-electron chi connectivity index (χ2n) is 5.46. The van der Waals surface area contributed by atoms with E-state index in [1.807, 2.05) is 6.92 Å². The third-order valence-electron chi connectivity index (χ3n) is 3.77. The molecule has 4 amide bonds. The number of rotatable bonds is 6. The molecule has 1 N–H and O–H groups in total. The monoisotopic (exact) mass is 348 g/mol. The van der Waals surface area contributed by atoms with Gasteiger partial charge >= 0.3 is 11.9 Å². The standard InChI is InChI=1S/C16H17N3O4S/c1-2-6-18-15(21)14-12(5-8-24-14)19(16(18)22)10-13(20)17-9-11-4-3-7-23-11/h3-5,7-8,14H,2,6,9-10H2,1H3/p+1. The Labute approximate surface area is 143 Å². The molecule has 0 saturated heterocycles. The van der Waals surface area contributed by atoms with E-state index in [0.29, 0.717) is 24.4 Å². The predicted octanol–water partition coefficient (Wildman–Crippen LogP) is 1.35. The second kappa shape index (κ2) is 7.04. The minimum Gasteiger partial charge on any atom is -0.467 e. The van der Waals surface area contributed by atoms with Crippen LogP contribution in [0.4, 0.5) is 4.79 Å². The first-order valence-electron chi connectivity index (χ1n) is 7.72. The molecule has 7 nitrogen and oxygen atoms in total. The Hall–Kier alpha value is -2.35. The summed E-state index contributed by atoms with van der Waals surface area (Å²) in [6, 6.07) is 3.06. The highest BCUT2D eigenvalue weighted by atomic mass is 32.2. The Morgan fingerprint density at radius 1 is 1.46 bits per heavy atom. The van der Waals surface area contributed by atoms with Gasteiger partial charge in [0, 0.05) is 0 Å². The normalized spacial score (nSPS) is 19.9. The van der Waals surface area contributed by atoms with E-state index in [-0.39, 0.29) is 24.9 Å². The van der Waals surface area contributed by atoms with Crippen molar-refractivity contribution in [3.05, 3.63) is 35.6 Å². The number of imide groups is 1. The zero-order chi connectivity index (χ0) is 17.1. The number of allylic oxidation sites excluding steroid dienone is 1. The Balaban J connectivity index is 1.75. The van der Waals surface area contributed by atoms with Gasteiger partial charge in [0.2, 0.25) is 0 Å².